The zero-order valence-corrected chi connectivity index (χ0v) is 13.0. The molecule has 0 bridgehead atoms. The van der Waals surface area contributed by atoms with E-state index in [1.165, 1.54) is 6.07 Å². The molecule has 0 spiro atoms. The highest BCUT2D eigenvalue weighted by Gasteiger charge is 2.34. The monoisotopic (exact) mass is 354 g/mol. The number of nitrogens with zero attached hydrogens (tertiary/aromatic N) is 2. The molecule has 0 heterocycles. The largest absolute Gasteiger partial charge is 0.477 e. The van der Waals surface area contributed by atoms with Gasteiger partial charge in [0.05, 0.1) is 9.85 Å². The zero-order valence-electron chi connectivity index (χ0n) is 13.0. The highest BCUT2D eigenvalue weighted by Crippen LogP contribution is 2.43. The molecule has 0 radical (unpaired) electrons. The van der Waals surface area contributed by atoms with E-state index in [9.17, 15) is 30.1 Å². The Morgan fingerprint density at radius 2 is 1.62 bits per heavy atom. The number of ether oxygens (including phenoxy) is 1. The van der Waals surface area contributed by atoms with E-state index in [1.807, 2.05) is 0 Å². The van der Waals surface area contributed by atoms with E-state index < -0.39 is 38.5 Å². The summed E-state index contributed by atoms with van der Waals surface area (Å²) in [5.41, 5.74) is -2.37. The summed E-state index contributed by atoms with van der Waals surface area (Å²) in [5.74, 6) is -2.18. The number of nitro benzene ring substituents is 2. The van der Waals surface area contributed by atoms with Gasteiger partial charge in [-0.25, -0.2) is 4.79 Å². The van der Waals surface area contributed by atoms with Gasteiger partial charge in [-0.2, -0.15) is 0 Å². The molecule has 0 amide bonds. The van der Waals surface area contributed by atoms with Crippen molar-refractivity contribution in [1.82, 2.24) is 0 Å². The van der Waals surface area contributed by atoms with Crippen LogP contribution in [0.25, 0.3) is 10.8 Å². The number of carboxylic acid groups (broad SMARTS) is 1. The fourth-order valence-electron chi connectivity index (χ4n) is 2.55. The Balaban J connectivity index is 2.28. The molecule has 130 valence electrons. The third kappa shape index (κ3) is 2.88. The summed E-state index contributed by atoms with van der Waals surface area (Å²) in [6, 6.07) is 13.5. The molecule has 0 unspecified atom stereocenters. The summed E-state index contributed by atoms with van der Waals surface area (Å²) in [6.45, 7) is 0. The molecule has 0 aromatic heterocycles. The Morgan fingerprint density at radius 1 is 0.923 bits per heavy atom. The minimum Gasteiger partial charge on any atom is -0.477 e. The van der Waals surface area contributed by atoms with Gasteiger partial charge in [-0.15, -0.1) is 0 Å². The molecule has 0 aliphatic heterocycles. The SMILES string of the molecule is O=C(O)c1ccc([N+](=O)[O-])c(Oc2cccc3ccccc23)c1[N+](=O)[O-]. The lowest BCUT2D eigenvalue weighted by Gasteiger charge is -2.10. The predicted octanol–water partition coefficient (Wildman–Crippen LogP) is 4.15. The summed E-state index contributed by atoms with van der Waals surface area (Å²) in [5, 5.41) is 33.2. The third-order valence-electron chi connectivity index (χ3n) is 3.68. The van der Waals surface area contributed by atoms with Crippen LogP contribution in [0.2, 0.25) is 0 Å². The van der Waals surface area contributed by atoms with Gasteiger partial charge in [-0.1, -0.05) is 36.4 Å². The van der Waals surface area contributed by atoms with E-state index >= 15 is 0 Å². The van der Waals surface area contributed by atoms with Gasteiger partial charge in [0.2, 0.25) is 0 Å². The van der Waals surface area contributed by atoms with Crippen molar-refractivity contribution in [2.75, 3.05) is 0 Å². The molecule has 0 aliphatic carbocycles. The molecule has 0 fully saturated rings. The second-order valence-corrected chi connectivity index (χ2v) is 5.21. The van der Waals surface area contributed by atoms with Crippen molar-refractivity contribution in [2.24, 2.45) is 0 Å². The van der Waals surface area contributed by atoms with Crippen molar-refractivity contribution in [3.05, 3.63) is 80.4 Å². The van der Waals surface area contributed by atoms with Gasteiger partial charge in [-0.05, 0) is 17.5 Å². The first-order chi connectivity index (χ1) is 12.4. The quantitative estimate of drug-likeness (QED) is 0.537. The first-order valence-corrected chi connectivity index (χ1v) is 7.25. The highest BCUT2D eigenvalue weighted by molar-refractivity contribution is 5.95. The second-order valence-electron chi connectivity index (χ2n) is 5.21. The molecule has 1 N–H and O–H groups in total. The van der Waals surface area contributed by atoms with E-state index in [0.717, 1.165) is 17.5 Å². The lowest BCUT2D eigenvalue weighted by Crippen LogP contribution is -2.06. The van der Waals surface area contributed by atoms with Gasteiger partial charge in [0, 0.05) is 11.5 Å². The van der Waals surface area contributed by atoms with Crippen LogP contribution in [0.5, 0.6) is 11.5 Å². The Hall–Kier alpha value is -4.01. The Kier molecular flexibility index (Phi) is 4.19. The third-order valence-corrected chi connectivity index (χ3v) is 3.68. The number of carboxylic acids is 1. The van der Waals surface area contributed by atoms with E-state index in [1.54, 1.807) is 36.4 Å². The topological polar surface area (TPSA) is 133 Å². The number of hydrogen-bond acceptors (Lipinski definition) is 6. The molecule has 0 saturated carbocycles. The van der Waals surface area contributed by atoms with Crippen LogP contribution in [0, 0.1) is 20.2 Å². The molecule has 0 atom stereocenters. The molecular weight excluding hydrogens is 344 g/mol. The Bertz CT molecular complexity index is 1060. The van der Waals surface area contributed by atoms with Crippen molar-refractivity contribution in [3.63, 3.8) is 0 Å². The van der Waals surface area contributed by atoms with Crippen LogP contribution in [-0.2, 0) is 0 Å². The normalized spacial score (nSPS) is 10.5. The number of rotatable bonds is 5. The number of hydrogen-bond donors (Lipinski definition) is 1. The Labute approximate surface area is 145 Å². The number of aromatic carboxylic acids is 1. The molecular formula is C17H10N2O7. The first kappa shape index (κ1) is 16.8. The van der Waals surface area contributed by atoms with Gasteiger partial charge in [0.15, 0.2) is 0 Å². The van der Waals surface area contributed by atoms with E-state index in [2.05, 4.69) is 0 Å². The minimum atomic E-state index is -1.59. The van der Waals surface area contributed by atoms with Crippen LogP contribution in [0.15, 0.2) is 54.6 Å². The predicted molar refractivity (Wildman–Crippen MR) is 90.7 cm³/mol. The highest BCUT2D eigenvalue weighted by atomic mass is 16.6. The molecule has 3 aromatic carbocycles. The van der Waals surface area contributed by atoms with Crippen LogP contribution >= 0.6 is 0 Å². The first-order valence-electron chi connectivity index (χ1n) is 7.25. The molecule has 3 aromatic rings. The maximum atomic E-state index is 11.4. The number of fused-ring (bicyclic) bond motifs is 1. The van der Waals surface area contributed by atoms with Crippen molar-refractivity contribution in [3.8, 4) is 11.5 Å². The van der Waals surface area contributed by atoms with E-state index in [-0.39, 0.29) is 5.75 Å². The number of carbonyl (C=O) groups is 1. The molecule has 26 heavy (non-hydrogen) atoms. The molecule has 0 aliphatic rings. The van der Waals surface area contributed by atoms with E-state index in [0.29, 0.717) is 5.39 Å². The van der Waals surface area contributed by atoms with Gasteiger partial charge in [0.1, 0.15) is 11.3 Å². The van der Waals surface area contributed by atoms with Crippen molar-refractivity contribution < 1.29 is 24.5 Å². The van der Waals surface area contributed by atoms with Crippen molar-refractivity contribution >= 4 is 28.1 Å². The number of benzene rings is 3. The van der Waals surface area contributed by atoms with Gasteiger partial charge in [-0.3, -0.25) is 20.2 Å². The van der Waals surface area contributed by atoms with Crippen molar-refractivity contribution in [2.45, 2.75) is 0 Å². The summed E-state index contributed by atoms with van der Waals surface area (Å²) in [7, 11) is 0. The van der Waals surface area contributed by atoms with Crippen molar-refractivity contribution in [1.29, 1.82) is 0 Å². The van der Waals surface area contributed by atoms with Gasteiger partial charge in [0.25, 0.3) is 5.75 Å². The average molecular weight is 354 g/mol. The summed E-state index contributed by atoms with van der Waals surface area (Å²) >= 11 is 0. The molecule has 9 heteroatoms. The van der Waals surface area contributed by atoms with Crippen LogP contribution in [0.1, 0.15) is 10.4 Å². The summed E-state index contributed by atoms with van der Waals surface area (Å²) in [4.78, 5) is 32.1. The van der Waals surface area contributed by atoms with Crippen LogP contribution in [0.4, 0.5) is 11.4 Å². The summed E-state index contributed by atoms with van der Waals surface area (Å²) < 4.78 is 5.52. The molecule has 3 rings (SSSR count). The second kappa shape index (κ2) is 6.48. The fourth-order valence-corrected chi connectivity index (χ4v) is 2.55. The molecule has 0 saturated heterocycles. The average Bonchev–Trinajstić information content (AvgIpc) is 2.61. The fraction of sp³-hybridized carbons (Fsp3) is 0. The number of nitro groups is 2. The summed E-state index contributed by atoms with van der Waals surface area (Å²) in [6.07, 6.45) is 0. The lowest BCUT2D eigenvalue weighted by molar-refractivity contribution is -0.395. The maximum Gasteiger partial charge on any atom is 0.342 e. The standard InChI is InChI=1S/C17H10N2O7/c20-17(21)12-8-9-13(18(22)23)16(15(12)19(24)25)26-14-7-3-5-10-4-1-2-6-11(10)14/h1-9H,(H,20,21). The lowest BCUT2D eigenvalue weighted by atomic mass is 10.1. The van der Waals surface area contributed by atoms with Gasteiger partial charge >= 0.3 is 17.3 Å². The maximum absolute atomic E-state index is 11.4. The zero-order chi connectivity index (χ0) is 18.8. The molecule has 9 nitrogen and oxygen atoms in total. The van der Waals surface area contributed by atoms with Crippen LogP contribution in [-0.4, -0.2) is 20.9 Å². The minimum absolute atomic E-state index is 0.136. The van der Waals surface area contributed by atoms with Gasteiger partial charge < -0.3 is 9.84 Å². The van der Waals surface area contributed by atoms with Crippen LogP contribution in [0.3, 0.4) is 0 Å². The smallest absolute Gasteiger partial charge is 0.342 e. The van der Waals surface area contributed by atoms with Crippen LogP contribution < -0.4 is 4.74 Å². The Morgan fingerprint density at radius 3 is 2.27 bits per heavy atom. The van der Waals surface area contributed by atoms with E-state index in [4.69, 9.17) is 4.74 Å².